The Bertz CT molecular complexity index is 701. The van der Waals surface area contributed by atoms with Crippen LogP contribution in [0.5, 0.6) is 0 Å². The normalized spacial score (nSPS) is 10.4. The number of amides is 2. The Balaban J connectivity index is 1.73. The van der Waals surface area contributed by atoms with Crippen molar-refractivity contribution in [2.45, 2.75) is 37.6 Å². The second-order valence-corrected chi connectivity index (χ2v) is 6.90. The molecule has 2 amide bonds. The summed E-state index contributed by atoms with van der Waals surface area (Å²) in [5.41, 5.74) is 1.82. The minimum atomic E-state index is -0.158. The highest BCUT2D eigenvalue weighted by Gasteiger charge is 2.10. The van der Waals surface area contributed by atoms with E-state index in [0.29, 0.717) is 6.54 Å². The number of hydrogen-bond acceptors (Lipinski definition) is 5. The monoisotopic (exact) mass is 363 g/mol. The van der Waals surface area contributed by atoms with Gasteiger partial charge in [0.1, 0.15) is 5.01 Å². The molecule has 0 atom stereocenters. The molecule has 0 radical (unpaired) electrons. The molecule has 1 aromatic carbocycles. The van der Waals surface area contributed by atoms with E-state index in [1.54, 1.807) is 11.8 Å². The molecule has 1 heterocycles. The van der Waals surface area contributed by atoms with Crippen molar-refractivity contribution >= 4 is 40.6 Å². The Hall–Kier alpha value is -1.86. The van der Waals surface area contributed by atoms with E-state index in [4.69, 9.17) is 0 Å². The van der Waals surface area contributed by atoms with Crippen molar-refractivity contribution in [1.82, 2.24) is 10.3 Å². The van der Waals surface area contributed by atoms with Gasteiger partial charge < -0.3 is 10.6 Å². The summed E-state index contributed by atoms with van der Waals surface area (Å²) in [5, 5.41) is 8.54. The van der Waals surface area contributed by atoms with Crippen LogP contribution in [0.2, 0.25) is 0 Å². The molecule has 0 aliphatic carbocycles. The highest BCUT2D eigenvalue weighted by atomic mass is 32.2. The largest absolute Gasteiger partial charge is 0.350 e. The summed E-state index contributed by atoms with van der Waals surface area (Å²) >= 11 is 3.11. The molecule has 0 aliphatic rings. The second-order valence-electron chi connectivity index (χ2n) is 5.11. The fourth-order valence-corrected chi connectivity index (χ4v) is 3.41. The van der Waals surface area contributed by atoms with Crippen LogP contribution < -0.4 is 10.6 Å². The molecule has 5 nitrogen and oxygen atoms in total. The van der Waals surface area contributed by atoms with Crippen molar-refractivity contribution in [3.63, 3.8) is 0 Å². The molecule has 0 saturated heterocycles. The lowest BCUT2D eigenvalue weighted by Crippen LogP contribution is -2.24. The fourth-order valence-electron chi connectivity index (χ4n) is 2.04. The van der Waals surface area contributed by atoms with Crippen molar-refractivity contribution in [1.29, 1.82) is 0 Å². The van der Waals surface area contributed by atoms with E-state index >= 15 is 0 Å². The molecule has 128 valence electrons. The van der Waals surface area contributed by atoms with E-state index in [1.165, 1.54) is 11.3 Å². The summed E-state index contributed by atoms with van der Waals surface area (Å²) in [7, 11) is 0. The minimum Gasteiger partial charge on any atom is -0.350 e. The summed E-state index contributed by atoms with van der Waals surface area (Å²) in [5.74, 6) is -0.300. The van der Waals surface area contributed by atoms with Gasteiger partial charge in [0.2, 0.25) is 11.8 Å². The van der Waals surface area contributed by atoms with Gasteiger partial charge in [-0.2, -0.15) is 0 Å². The van der Waals surface area contributed by atoms with Crippen molar-refractivity contribution in [2.75, 3.05) is 11.6 Å². The number of nitrogens with zero attached hydrogens (tertiary/aromatic N) is 1. The van der Waals surface area contributed by atoms with E-state index in [9.17, 15) is 9.59 Å². The van der Waals surface area contributed by atoms with Crippen LogP contribution in [0.4, 0.5) is 5.69 Å². The molecule has 0 spiro atoms. The molecule has 24 heavy (non-hydrogen) atoms. The van der Waals surface area contributed by atoms with Gasteiger partial charge in [-0.05, 0) is 24.8 Å². The Morgan fingerprint density at radius 2 is 1.96 bits per heavy atom. The summed E-state index contributed by atoms with van der Waals surface area (Å²) in [4.78, 5) is 29.2. The number of carbonyl (C=O) groups is 2. The maximum atomic E-state index is 12.0. The van der Waals surface area contributed by atoms with Gasteiger partial charge in [-0.3, -0.25) is 9.59 Å². The highest BCUT2D eigenvalue weighted by molar-refractivity contribution is 7.98. The fraction of sp³-hybridized carbons (Fsp3) is 0.353. The Morgan fingerprint density at radius 3 is 2.67 bits per heavy atom. The van der Waals surface area contributed by atoms with Crippen LogP contribution in [0.3, 0.4) is 0 Å². The summed E-state index contributed by atoms with van der Waals surface area (Å²) in [6.45, 7) is 2.46. The number of aryl methyl sites for hydroxylation is 1. The first-order valence-electron chi connectivity index (χ1n) is 7.75. The molecule has 0 unspecified atom stereocenters. The molecule has 0 bridgehead atoms. The average molecular weight is 364 g/mol. The number of para-hydroxylation sites is 1. The number of carbonyl (C=O) groups excluding carboxylic acids is 2. The molecular formula is C17H21N3O2S2. The molecule has 7 heteroatoms. The third kappa shape index (κ3) is 5.65. The zero-order chi connectivity index (χ0) is 17.4. The van der Waals surface area contributed by atoms with Gasteiger partial charge in [0, 0.05) is 23.1 Å². The number of thiazole rings is 1. The van der Waals surface area contributed by atoms with Crippen LogP contribution in [0.25, 0.3) is 0 Å². The zero-order valence-corrected chi connectivity index (χ0v) is 15.4. The van der Waals surface area contributed by atoms with Crippen molar-refractivity contribution < 1.29 is 9.59 Å². The van der Waals surface area contributed by atoms with Crippen molar-refractivity contribution in [3.8, 4) is 0 Å². The second kappa shape index (κ2) is 9.44. The number of nitrogens with one attached hydrogen (secondary N) is 2. The predicted octanol–water partition coefficient (Wildman–Crippen LogP) is 3.46. The molecule has 2 aromatic rings. The van der Waals surface area contributed by atoms with Crippen LogP contribution in [-0.4, -0.2) is 23.1 Å². The van der Waals surface area contributed by atoms with Gasteiger partial charge in [0.05, 0.1) is 17.9 Å². The van der Waals surface area contributed by atoms with Crippen LogP contribution in [0, 0.1) is 0 Å². The maximum absolute atomic E-state index is 12.0. The summed E-state index contributed by atoms with van der Waals surface area (Å²) in [6, 6.07) is 7.61. The van der Waals surface area contributed by atoms with Gasteiger partial charge in [-0.1, -0.05) is 19.1 Å². The predicted molar refractivity (Wildman–Crippen MR) is 99.4 cm³/mol. The smallest absolute Gasteiger partial charge is 0.224 e. The van der Waals surface area contributed by atoms with E-state index in [0.717, 1.165) is 27.7 Å². The van der Waals surface area contributed by atoms with Gasteiger partial charge in [-0.25, -0.2) is 4.98 Å². The van der Waals surface area contributed by atoms with Gasteiger partial charge >= 0.3 is 0 Å². The lowest BCUT2D eigenvalue weighted by molar-refractivity contribution is -0.124. The number of thioether (sulfide) groups is 1. The van der Waals surface area contributed by atoms with E-state index in [2.05, 4.69) is 15.6 Å². The van der Waals surface area contributed by atoms with E-state index in [-0.39, 0.29) is 24.7 Å². The number of aromatic nitrogens is 1. The first-order valence-corrected chi connectivity index (χ1v) is 9.85. The van der Waals surface area contributed by atoms with Crippen LogP contribution in [0.1, 0.15) is 30.5 Å². The first kappa shape index (κ1) is 18.5. The van der Waals surface area contributed by atoms with E-state index in [1.807, 2.05) is 42.8 Å². The van der Waals surface area contributed by atoms with Crippen molar-refractivity contribution in [3.05, 3.63) is 40.3 Å². The number of benzene rings is 1. The third-order valence-corrected chi connectivity index (χ3v) is 5.05. The van der Waals surface area contributed by atoms with Gasteiger partial charge in [0.15, 0.2) is 0 Å². The molecular weight excluding hydrogens is 342 g/mol. The number of anilines is 1. The van der Waals surface area contributed by atoms with Gasteiger partial charge in [-0.15, -0.1) is 23.1 Å². The SMILES string of the molecule is CCc1csc(CNC(=O)CCC(=O)Nc2ccccc2SC)n1. The van der Waals surface area contributed by atoms with Crippen LogP contribution >= 0.6 is 23.1 Å². The van der Waals surface area contributed by atoms with Crippen molar-refractivity contribution in [2.24, 2.45) is 0 Å². The molecule has 1 aromatic heterocycles. The molecule has 0 saturated carbocycles. The topological polar surface area (TPSA) is 71.1 Å². The van der Waals surface area contributed by atoms with Gasteiger partial charge in [0.25, 0.3) is 0 Å². The molecule has 2 N–H and O–H groups in total. The lowest BCUT2D eigenvalue weighted by atomic mass is 10.2. The number of rotatable bonds is 8. The Kier molecular flexibility index (Phi) is 7.27. The van der Waals surface area contributed by atoms with E-state index < -0.39 is 0 Å². The Morgan fingerprint density at radius 1 is 1.21 bits per heavy atom. The maximum Gasteiger partial charge on any atom is 0.224 e. The van der Waals surface area contributed by atoms with Crippen LogP contribution in [0.15, 0.2) is 34.5 Å². The average Bonchev–Trinajstić information content (AvgIpc) is 3.06. The molecule has 2 rings (SSSR count). The third-order valence-electron chi connectivity index (χ3n) is 3.36. The first-order chi connectivity index (χ1) is 11.6. The lowest BCUT2D eigenvalue weighted by Gasteiger charge is -2.09. The summed E-state index contributed by atoms with van der Waals surface area (Å²) < 4.78 is 0. The standard InChI is InChI=1S/C17H21N3O2S2/c1-3-12-11-24-17(19-12)10-18-15(21)8-9-16(22)20-13-6-4-5-7-14(13)23-2/h4-7,11H,3,8-10H2,1-2H3,(H,18,21)(H,20,22). The molecule has 0 fully saturated rings. The van der Waals surface area contributed by atoms with Crippen LogP contribution in [-0.2, 0) is 22.6 Å². The number of hydrogen-bond donors (Lipinski definition) is 2. The summed E-state index contributed by atoms with van der Waals surface area (Å²) in [6.07, 6.45) is 3.18. The molecule has 0 aliphatic heterocycles. The Labute approximate surface area is 150 Å². The minimum absolute atomic E-state index is 0.142. The quantitative estimate of drug-likeness (QED) is 0.705. The zero-order valence-electron chi connectivity index (χ0n) is 13.8. The highest BCUT2D eigenvalue weighted by Crippen LogP contribution is 2.24.